The van der Waals surface area contributed by atoms with Crippen LogP contribution in [0.15, 0.2) is 11.6 Å². The van der Waals surface area contributed by atoms with E-state index >= 15 is 0 Å². The molecule has 0 saturated heterocycles. The lowest BCUT2D eigenvalue weighted by atomic mass is 9.91. The minimum absolute atomic E-state index is 0.0319. The van der Waals surface area contributed by atoms with Crippen LogP contribution in [0.3, 0.4) is 0 Å². The molecule has 1 atom stereocenters. The number of amides is 2. The maximum Gasteiger partial charge on any atom is 0.341 e. The maximum atomic E-state index is 12.8. The Labute approximate surface area is 195 Å². The minimum atomic E-state index is -0.862. The fraction of sp³-hybridized carbons (Fsp3) is 0.560. The number of cyclic esters (lactones) is 1. The van der Waals surface area contributed by atoms with Crippen molar-refractivity contribution in [2.75, 3.05) is 12.0 Å². The van der Waals surface area contributed by atoms with Crippen molar-refractivity contribution < 1.29 is 29.0 Å². The second-order valence-electron chi connectivity index (χ2n) is 8.48. The number of aliphatic carboxylic acids is 1. The lowest BCUT2D eigenvalue weighted by molar-refractivity contribution is -0.136. The molecular weight excluding hydrogens is 424 g/mol. The molecule has 1 aromatic carbocycles. The topological polar surface area (TPSA) is 119 Å². The molecule has 1 unspecified atom stereocenters. The van der Waals surface area contributed by atoms with E-state index in [1.165, 1.54) is 0 Å². The number of methoxy groups -OCH3 is 1. The molecule has 0 aliphatic carbocycles. The molecule has 0 bridgehead atoms. The van der Waals surface area contributed by atoms with Gasteiger partial charge in [0, 0.05) is 23.6 Å². The van der Waals surface area contributed by atoms with Crippen molar-refractivity contribution in [2.24, 2.45) is 5.73 Å². The number of allylic oxidation sites excluding steroid dienone is 2. The van der Waals surface area contributed by atoms with Gasteiger partial charge in [0.15, 0.2) is 0 Å². The molecule has 0 radical (unpaired) electrons. The maximum absolute atomic E-state index is 12.8. The third kappa shape index (κ3) is 5.86. The number of nitrogens with two attached hydrogens (primary N) is 1. The monoisotopic (exact) mass is 460 g/mol. The van der Waals surface area contributed by atoms with Gasteiger partial charge < -0.3 is 20.3 Å². The van der Waals surface area contributed by atoms with Crippen molar-refractivity contribution in [3.63, 3.8) is 0 Å². The lowest BCUT2D eigenvalue weighted by Crippen LogP contribution is -2.45. The molecule has 1 heterocycles. The second kappa shape index (κ2) is 11.7. The fourth-order valence-electron chi connectivity index (χ4n) is 4.40. The summed E-state index contributed by atoms with van der Waals surface area (Å²) in [7, 11) is 1.56. The average Bonchev–Trinajstić information content (AvgIpc) is 3.16. The van der Waals surface area contributed by atoms with Crippen LogP contribution in [-0.4, -0.2) is 36.2 Å². The first kappa shape index (κ1) is 26.2. The molecule has 1 aliphatic rings. The van der Waals surface area contributed by atoms with Gasteiger partial charge in [-0.3, -0.25) is 9.69 Å². The number of benzene rings is 1. The number of esters is 1. The minimum Gasteiger partial charge on any atom is -0.496 e. The van der Waals surface area contributed by atoms with E-state index in [-0.39, 0.29) is 19.1 Å². The Morgan fingerprint density at radius 2 is 2.00 bits per heavy atom. The number of anilines is 1. The Morgan fingerprint density at radius 1 is 1.30 bits per heavy atom. The van der Waals surface area contributed by atoms with Gasteiger partial charge in [-0.1, -0.05) is 38.3 Å². The Morgan fingerprint density at radius 3 is 2.55 bits per heavy atom. The molecule has 1 aliphatic heterocycles. The number of primary amides is 1. The lowest BCUT2D eigenvalue weighted by Gasteiger charge is -2.33. The number of carbonyl (C=O) groups excluding carboxylic acids is 2. The van der Waals surface area contributed by atoms with Gasteiger partial charge in [-0.25, -0.2) is 9.59 Å². The van der Waals surface area contributed by atoms with E-state index in [1.54, 1.807) is 12.0 Å². The van der Waals surface area contributed by atoms with E-state index in [2.05, 4.69) is 6.92 Å². The predicted octanol–water partition coefficient (Wildman–Crippen LogP) is 4.88. The van der Waals surface area contributed by atoms with E-state index in [4.69, 9.17) is 20.3 Å². The second-order valence-corrected chi connectivity index (χ2v) is 8.48. The van der Waals surface area contributed by atoms with Crippen LogP contribution in [0.5, 0.6) is 5.75 Å². The van der Waals surface area contributed by atoms with Crippen LogP contribution >= 0.6 is 0 Å². The van der Waals surface area contributed by atoms with E-state index in [9.17, 15) is 14.4 Å². The molecule has 2 rings (SSSR count). The molecule has 8 heteroatoms. The zero-order valence-electron chi connectivity index (χ0n) is 20.3. The summed E-state index contributed by atoms with van der Waals surface area (Å²) >= 11 is 0. The van der Waals surface area contributed by atoms with Crippen molar-refractivity contribution in [1.82, 2.24) is 0 Å². The summed E-state index contributed by atoms with van der Waals surface area (Å²) in [6.45, 7) is 7.94. The highest BCUT2D eigenvalue weighted by molar-refractivity contribution is 6.06. The molecule has 0 spiro atoms. The Hall–Kier alpha value is -3.03. The highest BCUT2D eigenvalue weighted by Crippen LogP contribution is 2.44. The van der Waals surface area contributed by atoms with Crippen molar-refractivity contribution in [3.05, 3.63) is 33.9 Å². The smallest absolute Gasteiger partial charge is 0.341 e. The van der Waals surface area contributed by atoms with Crippen LogP contribution in [0, 0.1) is 6.92 Å². The summed E-state index contributed by atoms with van der Waals surface area (Å²) in [4.78, 5) is 38.1. The van der Waals surface area contributed by atoms with E-state index < -0.39 is 18.0 Å². The van der Waals surface area contributed by atoms with Crippen LogP contribution in [0.2, 0.25) is 0 Å². The van der Waals surface area contributed by atoms with Crippen LogP contribution < -0.4 is 15.4 Å². The third-order valence-electron chi connectivity index (χ3n) is 6.24. The van der Waals surface area contributed by atoms with Gasteiger partial charge in [0.05, 0.1) is 18.4 Å². The molecule has 0 aromatic heterocycles. The summed E-state index contributed by atoms with van der Waals surface area (Å²) in [5.74, 6) is -0.755. The molecular formula is C25H36N2O6. The van der Waals surface area contributed by atoms with E-state index in [0.717, 1.165) is 30.4 Å². The van der Waals surface area contributed by atoms with Crippen LogP contribution in [0.4, 0.5) is 10.5 Å². The van der Waals surface area contributed by atoms with Gasteiger partial charge in [0.25, 0.3) is 0 Å². The number of urea groups is 1. The number of ether oxygens (including phenoxy) is 2. The van der Waals surface area contributed by atoms with Crippen molar-refractivity contribution >= 4 is 23.7 Å². The third-order valence-corrected chi connectivity index (χ3v) is 6.24. The predicted molar refractivity (Wildman–Crippen MR) is 127 cm³/mol. The zero-order chi connectivity index (χ0) is 24.7. The Bertz CT molecular complexity index is 938. The van der Waals surface area contributed by atoms with Gasteiger partial charge >= 0.3 is 18.0 Å². The number of carbonyl (C=O) groups is 3. The van der Waals surface area contributed by atoms with Gasteiger partial charge in [-0.15, -0.1) is 0 Å². The van der Waals surface area contributed by atoms with Crippen LogP contribution in [0.25, 0.3) is 0 Å². The average molecular weight is 461 g/mol. The van der Waals surface area contributed by atoms with Crippen LogP contribution in [0.1, 0.15) is 86.3 Å². The SMILES string of the molecule is CCCCC(CC)N(C(N)=O)c1c(C/C=C(\C)CCC(=O)O)c(OC)c(C)c2c1C(=O)OC2. The number of hydrogen-bond acceptors (Lipinski definition) is 5. The molecule has 33 heavy (non-hydrogen) atoms. The highest BCUT2D eigenvalue weighted by atomic mass is 16.5. The normalized spacial score (nSPS) is 14.0. The number of hydrogen-bond donors (Lipinski definition) is 2. The summed E-state index contributed by atoms with van der Waals surface area (Å²) in [6.07, 6.45) is 6.04. The first-order chi connectivity index (χ1) is 15.7. The Balaban J connectivity index is 2.73. The number of unbranched alkanes of at least 4 members (excludes halogenated alkanes) is 1. The Kier molecular flexibility index (Phi) is 9.32. The highest BCUT2D eigenvalue weighted by Gasteiger charge is 2.37. The first-order valence-electron chi connectivity index (χ1n) is 11.5. The fourth-order valence-corrected chi connectivity index (χ4v) is 4.40. The van der Waals surface area contributed by atoms with E-state index in [0.29, 0.717) is 47.4 Å². The summed E-state index contributed by atoms with van der Waals surface area (Å²) in [6, 6.07) is -0.804. The molecule has 2 amide bonds. The first-order valence-corrected chi connectivity index (χ1v) is 11.5. The molecule has 1 aromatic rings. The number of nitrogens with zero attached hydrogens (tertiary/aromatic N) is 1. The quantitative estimate of drug-likeness (QED) is 0.339. The largest absolute Gasteiger partial charge is 0.496 e. The number of rotatable bonds is 12. The molecule has 0 fully saturated rings. The van der Waals surface area contributed by atoms with Gasteiger partial charge in [0.1, 0.15) is 12.4 Å². The molecule has 3 N–H and O–H groups in total. The van der Waals surface area contributed by atoms with Gasteiger partial charge in [0.2, 0.25) is 0 Å². The molecule has 182 valence electrons. The van der Waals surface area contributed by atoms with Crippen LogP contribution in [-0.2, 0) is 22.6 Å². The summed E-state index contributed by atoms with van der Waals surface area (Å²) < 4.78 is 11.1. The number of fused-ring (bicyclic) bond motifs is 1. The summed E-state index contributed by atoms with van der Waals surface area (Å²) in [5.41, 5.74) is 9.80. The molecule has 8 nitrogen and oxygen atoms in total. The zero-order valence-corrected chi connectivity index (χ0v) is 20.3. The standard InChI is InChI=1S/C25H36N2O6/c1-6-8-9-17(7-2)27(25(26)31)22-18(12-10-15(3)11-13-20(28)29)23(32-5)16(4)19-14-33-24(30)21(19)22/h10,17H,6-9,11-14H2,1-5H3,(H2,26,31)(H,28,29)/b15-10+. The molecule has 0 saturated carbocycles. The van der Waals surface area contributed by atoms with Gasteiger partial charge in [-0.2, -0.15) is 0 Å². The summed E-state index contributed by atoms with van der Waals surface area (Å²) in [5, 5.41) is 8.98. The number of carboxylic acid groups (broad SMARTS) is 1. The van der Waals surface area contributed by atoms with Crippen molar-refractivity contribution in [2.45, 2.75) is 85.3 Å². The number of carboxylic acids is 1. The van der Waals surface area contributed by atoms with Crippen molar-refractivity contribution in [1.29, 1.82) is 0 Å². The van der Waals surface area contributed by atoms with Crippen molar-refractivity contribution in [3.8, 4) is 5.75 Å². The van der Waals surface area contributed by atoms with Gasteiger partial charge in [-0.05, 0) is 45.1 Å². The van der Waals surface area contributed by atoms with E-state index in [1.807, 2.05) is 26.8 Å².